The van der Waals surface area contributed by atoms with Crippen molar-refractivity contribution in [3.63, 3.8) is 0 Å². The number of nitrogens with zero attached hydrogens (tertiary/aromatic N) is 1. The maximum Gasteiger partial charge on any atom is 0.311 e. The zero-order valence-corrected chi connectivity index (χ0v) is 22.8. The number of hydrogen-bond donors (Lipinski definition) is 1. The van der Waals surface area contributed by atoms with Gasteiger partial charge in [0.05, 0.1) is 33.3 Å². The Hall–Kier alpha value is -2.67. The van der Waals surface area contributed by atoms with Crippen LogP contribution in [0.5, 0.6) is 5.75 Å². The van der Waals surface area contributed by atoms with Gasteiger partial charge >= 0.3 is 5.69 Å². The van der Waals surface area contributed by atoms with E-state index in [4.69, 9.17) is 4.74 Å². The molecule has 3 aromatic rings. The van der Waals surface area contributed by atoms with Crippen LogP contribution >= 0.6 is 43.6 Å². The maximum absolute atomic E-state index is 13.1. The van der Waals surface area contributed by atoms with Crippen molar-refractivity contribution in [2.75, 3.05) is 12.4 Å². The summed E-state index contributed by atoms with van der Waals surface area (Å²) in [6.45, 7) is 0. The van der Waals surface area contributed by atoms with E-state index in [1.165, 1.54) is 37.5 Å². The summed E-state index contributed by atoms with van der Waals surface area (Å²) in [7, 11) is -2.36. The standard InChI is InChI=1S/C23H16Br2N2O6S2/c1-33-20-7-5-13(9-19(20)27(29)30)10-22-23(28)26-18-11-14(6-8-21(18)34-22)35(31,32)12-15-16(24)3-2-4-17(15)25/h2-11H,12H2,1H3,(H,26,28)/b22-10+. The number of carbonyl (C=O) groups is 1. The van der Waals surface area contributed by atoms with Crippen LogP contribution in [0.25, 0.3) is 6.08 Å². The molecule has 1 aliphatic heterocycles. The van der Waals surface area contributed by atoms with Gasteiger partial charge in [0.1, 0.15) is 0 Å². The van der Waals surface area contributed by atoms with Crippen molar-refractivity contribution in [3.8, 4) is 5.75 Å². The molecule has 0 aromatic heterocycles. The Labute approximate surface area is 222 Å². The van der Waals surface area contributed by atoms with E-state index in [0.29, 0.717) is 35.6 Å². The third-order valence-electron chi connectivity index (χ3n) is 5.10. The molecular formula is C23H16Br2N2O6S2. The number of methoxy groups -OCH3 is 1. The molecule has 1 N–H and O–H groups in total. The third-order valence-corrected chi connectivity index (χ3v) is 9.32. The molecule has 4 rings (SSSR count). The SMILES string of the molecule is COc1ccc(/C=C2/Sc3ccc(S(=O)(=O)Cc4c(Br)cccc4Br)cc3NC2=O)cc1[N+](=O)[O-]. The molecular weight excluding hydrogens is 624 g/mol. The van der Waals surface area contributed by atoms with E-state index in [9.17, 15) is 23.3 Å². The first kappa shape index (κ1) is 25.4. The van der Waals surface area contributed by atoms with Gasteiger partial charge in [0.25, 0.3) is 5.91 Å². The van der Waals surface area contributed by atoms with Crippen LogP contribution in [0, 0.1) is 10.1 Å². The fourth-order valence-electron chi connectivity index (χ4n) is 3.37. The highest BCUT2D eigenvalue weighted by Crippen LogP contribution is 2.41. The summed E-state index contributed by atoms with van der Waals surface area (Å²) in [4.78, 5) is 24.5. The number of thioether (sulfide) groups is 1. The second-order valence-corrected chi connectivity index (χ2v) is 12.2. The molecule has 180 valence electrons. The van der Waals surface area contributed by atoms with Gasteiger partial charge < -0.3 is 10.1 Å². The normalized spacial score (nSPS) is 14.4. The molecule has 0 aliphatic carbocycles. The summed E-state index contributed by atoms with van der Waals surface area (Å²) >= 11 is 7.93. The summed E-state index contributed by atoms with van der Waals surface area (Å²) in [5.41, 5.74) is 1.22. The number of ether oxygens (including phenoxy) is 1. The molecule has 8 nitrogen and oxygen atoms in total. The van der Waals surface area contributed by atoms with E-state index in [1.807, 2.05) is 0 Å². The molecule has 0 saturated heterocycles. The molecule has 0 radical (unpaired) electrons. The fraction of sp³-hybridized carbons (Fsp3) is 0.0870. The summed E-state index contributed by atoms with van der Waals surface area (Å²) < 4.78 is 32.5. The number of carbonyl (C=O) groups excluding carboxylic acids is 1. The highest BCUT2D eigenvalue weighted by Gasteiger charge is 2.25. The van der Waals surface area contributed by atoms with Crippen molar-refractivity contribution in [3.05, 3.63) is 89.7 Å². The topological polar surface area (TPSA) is 116 Å². The van der Waals surface area contributed by atoms with E-state index in [2.05, 4.69) is 37.2 Å². The van der Waals surface area contributed by atoms with E-state index in [0.717, 1.165) is 11.8 Å². The number of sulfone groups is 1. The summed E-state index contributed by atoms with van der Waals surface area (Å²) in [5.74, 6) is -0.549. The number of hydrogen-bond acceptors (Lipinski definition) is 7. The van der Waals surface area contributed by atoms with Gasteiger partial charge in [-0.3, -0.25) is 14.9 Å². The van der Waals surface area contributed by atoms with Crippen molar-refractivity contribution in [2.45, 2.75) is 15.5 Å². The Morgan fingerprint density at radius 3 is 2.49 bits per heavy atom. The summed E-state index contributed by atoms with van der Waals surface area (Å²) in [6, 6.07) is 14.3. The summed E-state index contributed by atoms with van der Waals surface area (Å²) in [5, 5.41) is 14.0. The van der Waals surface area contributed by atoms with Crippen LogP contribution in [-0.4, -0.2) is 26.4 Å². The smallest absolute Gasteiger partial charge is 0.311 e. The van der Waals surface area contributed by atoms with E-state index < -0.39 is 20.7 Å². The van der Waals surface area contributed by atoms with Gasteiger partial charge in [-0.1, -0.05) is 55.8 Å². The Kier molecular flexibility index (Phi) is 7.36. The zero-order chi connectivity index (χ0) is 25.3. The first-order chi connectivity index (χ1) is 16.6. The van der Waals surface area contributed by atoms with Crippen molar-refractivity contribution in [2.24, 2.45) is 0 Å². The monoisotopic (exact) mass is 638 g/mol. The van der Waals surface area contributed by atoms with Crippen LogP contribution in [-0.2, 0) is 20.4 Å². The number of rotatable bonds is 6. The number of anilines is 1. The maximum atomic E-state index is 13.1. The highest BCUT2D eigenvalue weighted by molar-refractivity contribution is 9.11. The quantitative estimate of drug-likeness (QED) is 0.194. The van der Waals surface area contributed by atoms with Crippen molar-refractivity contribution < 1.29 is 22.9 Å². The molecule has 1 aliphatic rings. The lowest BCUT2D eigenvalue weighted by Gasteiger charge is -2.19. The van der Waals surface area contributed by atoms with Crippen LogP contribution < -0.4 is 10.1 Å². The average Bonchev–Trinajstić information content (AvgIpc) is 2.81. The van der Waals surface area contributed by atoms with Crippen molar-refractivity contribution >= 4 is 76.8 Å². The number of benzene rings is 3. The van der Waals surface area contributed by atoms with Gasteiger partial charge in [-0.2, -0.15) is 0 Å². The fourth-order valence-corrected chi connectivity index (χ4v) is 7.38. The molecule has 0 bridgehead atoms. The number of fused-ring (bicyclic) bond motifs is 1. The number of nitro groups is 1. The second-order valence-electron chi connectivity index (χ2n) is 7.37. The Morgan fingerprint density at radius 2 is 1.83 bits per heavy atom. The molecule has 0 spiro atoms. The lowest BCUT2D eigenvalue weighted by Crippen LogP contribution is -2.18. The molecule has 0 unspecified atom stereocenters. The molecule has 35 heavy (non-hydrogen) atoms. The second kappa shape index (κ2) is 10.1. The minimum atomic E-state index is -3.70. The number of nitrogens with one attached hydrogen (secondary N) is 1. The Bertz CT molecular complexity index is 1490. The molecule has 1 amide bonds. The van der Waals surface area contributed by atoms with Crippen LogP contribution in [0.2, 0.25) is 0 Å². The van der Waals surface area contributed by atoms with Crippen LogP contribution in [0.4, 0.5) is 11.4 Å². The molecule has 12 heteroatoms. The first-order valence-electron chi connectivity index (χ1n) is 9.92. The van der Waals surface area contributed by atoms with Crippen LogP contribution in [0.1, 0.15) is 11.1 Å². The lowest BCUT2D eigenvalue weighted by molar-refractivity contribution is -0.385. The predicted octanol–water partition coefficient (Wildman–Crippen LogP) is 6.19. The van der Waals surface area contributed by atoms with Gasteiger partial charge in [-0.15, -0.1) is 0 Å². The average molecular weight is 640 g/mol. The number of halogens is 2. The van der Waals surface area contributed by atoms with Gasteiger partial charge in [0, 0.05) is 19.9 Å². The predicted molar refractivity (Wildman–Crippen MR) is 141 cm³/mol. The lowest BCUT2D eigenvalue weighted by atomic mass is 10.1. The molecule has 1 heterocycles. The minimum absolute atomic E-state index is 0.0815. The van der Waals surface area contributed by atoms with Gasteiger partial charge in [0.2, 0.25) is 0 Å². The molecule has 3 aromatic carbocycles. The number of amides is 1. The molecule has 0 fully saturated rings. The van der Waals surface area contributed by atoms with E-state index in [1.54, 1.807) is 30.3 Å². The Morgan fingerprint density at radius 1 is 1.11 bits per heavy atom. The molecule has 0 atom stereocenters. The minimum Gasteiger partial charge on any atom is -0.490 e. The number of nitro benzene ring substituents is 1. The van der Waals surface area contributed by atoms with Gasteiger partial charge in [-0.05, 0) is 53.6 Å². The van der Waals surface area contributed by atoms with E-state index in [-0.39, 0.29) is 22.1 Å². The van der Waals surface area contributed by atoms with Gasteiger partial charge in [-0.25, -0.2) is 8.42 Å². The largest absolute Gasteiger partial charge is 0.490 e. The van der Waals surface area contributed by atoms with Crippen LogP contribution in [0.3, 0.4) is 0 Å². The van der Waals surface area contributed by atoms with Gasteiger partial charge in [0.15, 0.2) is 15.6 Å². The van der Waals surface area contributed by atoms with Crippen LogP contribution in [0.15, 0.2) is 78.2 Å². The van der Waals surface area contributed by atoms with E-state index >= 15 is 0 Å². The Balaban J connectivity index is 1.62. The zero-order valence-electron chi connectivity index (χ0n) is 17.9. The highest BCUT2D eigenvalue weighted by atomic mass is 79.9. The summed E-state index contributed by atoms with van der Waals surface area (Å²) in [6.07, 6.45) is 1.53. The molecule has 0 saturated carbocycles. The first-order valence-corrected chi connectivity index (χ1v) is 14.0. The third kappa shape index (κ3) is 5.45. The van der Waals surface area contributed by atoms with Crippen molar-refractivity contribution in [1.29, 1.82) is 0 Å². The van der Waals surface area contributed by atoms with Crippen molar-refractivity contribution in [1.82, 2.24) is 0 Å².